The second-order valence-electron chi connectivity index (χ2n) is 5.34. The molecule has 1 aliphatic carbocycles. The third-order valence-corrected chi connectivity index (χ3v) is 3.94. The van der Waals surface area contributed by atoms with Crippen molar-refractivity contribution in [1.82, 2.24) is 14.9 Å². The number of amides is 1. The first-order chi connectivity index (χ1) is 8.74. The van der Waals surface area contributed by atoms with Gasteiger partial charge in [-0.2, -0.15) is 0 Å². The predicted molar refractivity (Wildman–Crippen MR) is 66.5 cm³/mol. The Hall–Kier alpha value is -1.49. The van der Waals surface area contributed by atoms with Gasteiger partial charge in [0.1, 0.15) is 0 Å². The summed E-state index contributed by atoms with van der Waals surface area (Å²) >= 11 is 0. The quantitative estimate of drug-likeness (QED) is 0.828. The van der Waals surface area contributed by atoms with Gasteiger partial charge in [-0.3, -0.25) is 14.8 Å². The van der Waals surface area contributed by atoms with Gasteiger partial charge in [-0.25, -0.2) is 0 Å². The Morgan fingerprint density at radius 1 is 1.39 bits per heavy atom. The third-order valence-electron chi connectivity index (χ3n) is 3.94. The van der Waals surface area contributed by atoms with Crippen molar-refractivity contribution in [2.75, 3.05) is 13.1 Å². The Morgan fingerprint density at radius 3 is 2.89 bits per heavy atom. The molecule has 5 nitrogen and oxygen atoms in total. The number of rotatable bonds is 3. The van der Waals surface area contributed by atoms with E-state index >= 15 is 0 Å². The first-order valence-corrected chi connectivity index (χ1v) is 6.52. The molecule has 2 fully saturated rings. The van der Waals surface area contributed by atoms with Gasteiger partial charge in [0.15, 0.2) is 0 Å². The van der Waals surface area contributed by atoms with E-state index in [9.17, 15) is 4.79 Å². The molecular formula is C13H18N4O. The Kier molecular flexibility index (Phi) is 2.99. The highest BCUT2D eigenvalue weighted by Crippen LogP contribution is 2.40. The molecule has 2 N–H and O–H groups in total. The fourth-order valence-electron chi connectivity index (χ4n) is 2.77. The second kappa shape index (κ2) is 4.65. The maximum absolute atomic E-state index is 12.2. The lowest BCUT2D eigenvalue weighted by Crippen LogP contribution is -2.33. The van der Waals surface area contributed by atoms with Gasteiger partial charge in [0.2, 0.25) is 5.91 Å². The summed E-state index contributed by atoms with van der Waals surface area (Å²) in [7, 11) is 0. The zero-order valence-corrected chi connectivity index (χ0v) is 10.3. The predicted octanol–water partition coefficient (Wildman–Crippen LogP) is 0.215. The summed E-state index contributed by atoms with van der Waals surface area (Å²) in [5.74, 6) is 1.39. The molecule has 2 aliphatic rings. The minimum Gasteiger partial charge on any atom is -0.340 e. The van der Waals surface area contributed by atoms with Gasteiger partial charge in [0.25, 0.3) is 0 Å². The maximum Gasteiger partial charge on any atom is 0.228 e. The highest BCUT2D eigenvalue weighted by Gasteiger charge is 2.41. The van der Waals surface area contributed by atoms with Crippen molar-refractivity contribution in [3.05, 3.63) is 24.3 Å². The molecule has 1 saturated carbocycles. The normalized spacial score (nSPS) is 27.5. The molecule has 18 heavy (non-hydrogen) atoms. The fraction of sp³-hybridized carbons (Fsp3) is 0.615. The van der Waals surface area contributed by atoms with Gasteiger partial charge in [-0.15, -0.1) is 0 Å². The molecule has 0 bridgehead atoms. The molecule has 96 valence electrons. The van der Waals surface area contributed by atoms with Crippen molar-refractivity contribution in [3.63, 3.8) is 0 Å². The number of carbonyl (C=O) groups excluding carboxylic acids is 1. The molecule has 3 rings (SSSR count). The molecular weight excluding hydrogens is 228 g/mol. The Balaban J connectivity index is 1.60. The van der Waals surface area contributed by atoms with E-state index in [1.807, 2.05) is 4.90 Å². The Labute approximate surface area is 106 Å². The van der Waals surface area contributed by atoms with Crippen LogP contribution in [-0.4, -0.2) is 39.9 Å². The van der Waals surface area contributed by atoms with E-state index in [4.69, 9.17) is 5.73 Å². The van der Waals surface area contributed by atoms with Crippen molar-refractivity contribution in [1.29, 1.82) is 0 Å². The van der Waals surface area contributed by atoms with Crippen molar-refractivity contribution < 1.29 is 4.79 Å². The largest absolute Gasteiger partial charge is 0.340 e. The summed E-state index contributed by atoms with van der Waals surface area (Å²) in [5.41, 5.74) is 6.85. The third kappa shape index (κ3) is 2.36. The fourth-order valence-corrected chi connectivity index (χ4v) is 2.77. The van der Waals surface area contributed by atoms with E-state index < -0.39 is 0 Å². The SMILES string of the molecule is N[C@H]1CN(C(=O)Cc2cnccn2)C[C@@H]1C1CC1. The van der Waals surface area contributed by atoms with Crippen LogP contribution in [0.5, 0.6) is 0 Å². The van der Waals surface area contributed by atoms with Gasteiger partial charge < -0.3 is 10.6 Å². The first kappa shape index (κ1) is 11.6. The summed E-state index contributed by atoms with van der Waals surface area (Å²) in [4.78, 5) is 22.2. The monoisotopic (exact) mass is 246 g/mol. The van der Waals surface area contributed by atoms with Crippen LogP contribution in [0.3, 0.4) is 0 Å². The number of carbonyl (C=O) groups is 1. The van der Waals surface area contributed by atoms with Crippen molar-refractivity contribution in [2.45, 2.75) is 25.3 Å². The second-order valence-corrected chi connectivity index (χ2v) is 5.34. The van der Waals surface area contributed by atoms with E-state index in [2.05, 4.69) is 9.97 Å². The number of hydrogen-bond donors (Lipinski definition) is 1. The van der Waals surface area contributed by atoms with Gasteiger partial charge in [-0.1, -0.05) is 0 Å². The van der Waals surface area contributed by atoms with Gasteiger partial charge in [0.05, 0.1) is 12.1 Å². The van der Waals surface area contributed by atoms with Crippen molar-refractivity contribution in [3.8, 4) is 0 Å². The van der Waals surface area contributed by atoms with Crippen LogP contribution in [-0.2, 0) is 11.2 Å². The highest BCUT2D eigenvalue weighted by molar-refractivity contribution is 5.78. The molecule has 0 radical (unpaired) electrons. The molecule has 5 heteroatoms. The van der Waals surface area contributed by atoms with Crippen LogP contribution in [0.4, 0.5) is 0 Å². The van der Waals surface area contributed by atoms with Gasteiger partial charge in [0, 0.05) is 37.7 Å². The summed E-state index contributed by atoms with van der Waals surface area (Å²) in [5, 5.41) is 0. The summed E-state index contributed by atoms with van der Waals surface area (Å²) in [6.07, 6.45) is 7.77. The number of nitrogens with two attached hydrogens (primary N) is 1. The standard InChI is InChI=1S/C13H18N4O/c14-12-8-17(7-11(12)9-1-2-9)13(18)5-10-6-15-3-4-16-10/h3-4,6,9,11-12H,1-2,5,7-8,14H2/t11-,12+/m1/s1. The molecule has 2 atom stereocenters. The Morgan fingerprint density at radius 2 is 2.22 bits per heavy atom. The lowest BCUT2D eigenvalue weighted by atomic mass is 9.99. The zero-order chi connectivity index (χ0) is 12.5. The number of hydrogen-bond acceptors (Lipinski definition) is 4. The van der Waals surface area contributed by atoms with Gasteiger partial charge in [-0.05, 0) is 24.7 Å². The van der Waals surface area contributed by atoms with Gasteiger partial charge >= 0.3 is 0 Å². The zero-order valence-electron chi connectivity index (χ0n) is 10.3. The molecule has 1 aromatic heterocycles. The molecule has 1 aliphatic heterocycles. The van der Waals surface area contributed by atoms with E-state index in [0.29, 0.717) is 18.9 Å². The topological polar surface area (TPSA) is 72.1 Å². The van der Waals surface area contributed by atoms with Crippen LogP contribution in [0.1, 0.15) is 18.5 Å². The van der Waals surface area contributed by atoms with Crippen LogP contribution in [0.25, 0.3) is 0 Å². The average Bonchev–Trinajstić information content (AvgIpc) is 3.14. The first-order valence-electron chi connectivity index (χ1n) is 6.52. The molecule has 0 unspecified atom stereocenters. The van der Waals surface area contributed by atoms with Crippen LogP contribution in [0, 0.1) is 11.8 Å². The van der Waals surface area contributed by atoms with Crippen LogP contribution in [0.2, 0.25) is 0 Å². The van der Waals surface area contributed by atoms with E-state index in [-0.39, 0.29) is 11.9 Å². The minimum absolute atomic E-state index is 0.120. The summed E-state index contributed by atoms with van der Waals surface area (Å²) < 4.78 is 0. The van der Waals surface area contributed by atoms with E-state index in [0.717, 1.165) is 18.2 Å². The van der Waals surface area contributed by atoms with Crippen LogP contribution >= 0.6 is 0 Å². The molecule has 2 heterocycles. The number of likely N-dealkylation sites (tertiary alicyclic amines) is 1. The van der Waals surface area contributed by atoms with Crippen molar-refractivity contribution >= 4 is 5.91 Å². The number of nitrogens with zero attached hydrogens (tertiary/aromatic N) is 3. The van der Waals surface area contributed by atoms with Crippen molar-refractivity contribution in [2.24, 2.45) is 17.6 Å². The maximum atomic E-state index is 12.2. The highest BCUT2D eigenvalue weighted by atomic mass is 16.2. The Bertz CT molecular complexity index is 432. The smallest absolute Gasteiger partial charge is 0.228 e. The number of aromatic nitrogens is 2. The van der Waals surface area contributed by atoms with Crippen LogP contribution in [0.15, 0.2) is 18.6 Å². The molecule has 1 aromatic rings. The minimum atomic E-state index is 0.120. The summed E-state index contributed by atoms with van der Waals surface area (Å²) in [6, 6.07) is 0.156. The van der Waals surface area contributed by atoms with E-state index in [1.54, 1.807) is 18.6 Å². The van der Waals surface area contributed by atoms with E-state index in [1.165, 1.54) is 12.8 Å². The lowest BCUT2D eigenvalue weighted by Gasteiger charge is -2.15. The molecule has 1 amide bonds. The summed E-state index contributed by atoms with van der Waals surface area (Å²) in [6.45, 7) is 1.52. The molecule has 0 aromatic carbocycles. The lowest BCUT2D eigenvalue weighted by molar-refractivity contribution is -0.129. The molecule has 1 saturated heterocycles. The average molecular weight is 246 g/mol. The van der Waals surface area contributed by atoms with Crippen LogP contribution < -0.4 is 5.73 Å². The molecule has 0 spiro atoms.